The van der Waals surface area contributed by atoms with Crippen LogP contribution in [0.4, 0.5) is 5.95 Å². The number of fused-ring (bicyclic) bond motifs is 1. The van der Waals surface area contributed by atoms with Crippen molar-refractivity contribution in [2.24, 2.45) is 13.0 Å². The number of halogens is 2. The molecule has 10 nitrogen and oxygen atoms in total. The fourth-order valence-corrected chi connectivity index (χ4v) is 4.31. The van der Waals surface area contributed by atoms with Gasteiger partial charge >= 0.3 is 0 Å². The molecule has 0 unspecified atom stereocenters. The quantitative estimate of drug-likeness (QED) is 0.434. The van der Waals surface area contributed by atoms with Gasteiger partial charge in [0, 0.05) is 43.9 Å². The highest BCUT2D eigenvalue weighted by Gasteiger charge is 2.34. The number of hydrogen-bond donors (Lipinski definition) is 2. The van der Waals surface area contributed by atoms with Gasteiger partial charge in [0.1, 0.15) is 22.5 Å². The Hall–Kier alpha value is -3.08. The average molecular weight is 502 g/mol. The lowest BCUT2D eigenvalue weighted by Crippen LogP contribution is -2.52. The monoisotopic (exact) mass is 501 g/mol. The van der Waals surface area contributed by atoms with Crippen LogP contribution < -0.4 is 10.2 Å². The molecule has 2 N–H and O–H groups in total. The third-order valence-corrected chi connectivity index (χ3v) is 6.16. The Morgan fingerprint density at radius 1 is 0.971 bits per heavy atom. The smallest absolute Gasteiger partial charge is 0.245 e. The topological polar surface area (TPSA) is 118 Å². The summed E-state index contributed by atoms with van der Waals surface area (Å²) >= 11 is 0. The molecule has 1 aliphatic heterocycles. The molecular formula is C22H25Cl2N9O. The van der Waals surface area contributed by atoms with Crippen LogP contribution in [0, 0.1) is 5.92 Å². The second-order valence-electron chi connectivity index (χ2n) is 8.47. The van der Waals surface area contributed by atoms with Crippen LogP contribution in [0.1, 0.15) is 12.8 Å². The molecule has 3 aromatic heterocycles. The minimum absolute atomic E-state index is 0. The minimum Gasteiger partial charge on any atom is -0.507 e. The number of piperazine rings is 1. The molecule has 1 saturated heterocycles. The van der Waals surface area contributed by atoms with Gasteiger partial charge in [-0.1, -0.05) is 6.07 Å². The Kier molecular flexibility index (Phi) is 6.83. The fraction of sp³-hybridized carbons (Fsp3) is 0.364. The molecule has 6 rings (SSSR count). The van der Waals surface area contributed by atoms with Gasteiger partial charge < -0.3 is 15.3 Å². The molecule has 34 heavy (non-hydrogen) atoms. The van der Waals surface area contributed by atoms with E-state index in [4.69, 9.17) is 0 Å². The van der Waals surface area contributed by atoms with Crippen LogP contribution in [0.15, 0.2) is 36.7 Å². The van der Waals surface area contributed by atoms with Gasteiger partial charge in [-0.05, 0) is 37.0 Å². The molecule has 0 radical (unpaired) electrons. The first-order valence-electron chi connectivity index (χ1n) is 10.8. The maximum Gasteiger partial charge on any atom is 0.245 e. The largest absolute Gasteiger partial charge is 0.507 e. The molecule has 4 aromatic rings. The summed E-state index contributed by atoms with van der Waals surface area (Å²) in [7, 11) is 1.77. The Bertz CT molecular complexity index is 1290. The first-order chi connectivity index (χ1) is 15.6. The second kappa shape index (κ2) is 9.65. The molecule has 178 valence electrons. The van der Waals surface area contributed by atoms with E-state index in [9.17, 15) is 5.11 Å². The Labute approximate surface area is 208 Å². The molecule has 1 aromatic carbocycles. The first-order valence-corrected chi connectivity index (χ1v) is 10.8. The molecule has 1 atom stereocenters. The molecule has 0 bridgehead atoms. The Balaban J connectivity index is 0.00000137. The van der Waals surface area contributed by atoms with Crippen molar-refractivity contribution < 1.29 is 5.11 Å². The van der Waals surface area contributed by atoms with Gasteiger partial charge in [-0.25, -0.2) is 4.98 Å². The normalized spacial score (nSPS) is 17.8. The summed E-state index contributed by atoms with van der Waals surface area (Å²) in [6, 6.07) is 7.75. The summed E-state index contributed by atoms with van der Waals surface area (Å²) in [6.45, 7) is 2.71. The molecule has 2 aliphatic rings. The van der Waals surface area contributed by atoms with E-state index in [1.807, 2.05) is 18.2 Å². The number of phenols is 1. The van der Waals surface area contributed by atoms with Gasteiger partial charge in [0.25, 0.3) is 0 Å². The van der Waals surface area contributed by atoms with Gasteiger partial charge in [-0.3, -0.25) is 4.98 Å². The van der Waals surface area contributed by atoms with Gasteiger partial charge in [0.2, 0.25) is 5.95 Å². The van der Waals surface area contributed by atoms with Crippen molar-refractivity contribution in [3.63, 3.8) is 0 Å². The zero-order valence-electron chi connectivity index (χ0n) is 18.5. The number of rotatable bonds is 4. The average Bonchev–Trinajstić information content (AvgIpc) is 3.60. The molecule has 1 aliphatic carbocycles. The lowest BCUT2D eigenvalue weighted by atomic mass is 10.1. The van der Waals surface area contributed by atoms with Crippen molar-refractivity contribution in [2.45, 2.75) is 18.9 Å². The summed E-state index contributed by atoms with van der Waals surface area (Å²) < 4.78 is 0. The predicted octanol–water partition coefficient (Wildman–Crippen LogP) is 2.62. The zero-order valence-corrected chi connectivity index (χ0v) is 20.1. The third-order valence-electron chi connectivity index (χ3n) is 6.16. The number of nitrogens with zero attached hydrogens (tertiary/aromatic N) is 8. The number of aromatic nitrogens is 7. The maximum absolute atomic E-state index is 10.7. The minimum atomic E-state index is 0. The lowest BCUT2D eigenvalue weighted by molar-refractivity contribution is 0.414. The lowest BCUT2D eigenvalue weighted by Gasteiger charge is -2.33. The van der Waals surface area contributed by atoms with Gasteiger partial charge in [0.15, 0.2) is 0 Å². The van der Waals surface area contributed by atoms with E-state index in [1.54, 1.807) is 25.5 Å². The van der Waals surface area contributed by atoms with Gasteiger partial charge in [-0.2, -0.15) is 15.0 Å². The molecule has 1 saturated carbocycles. The summed E-state index contributed by atoms with van der Waals surface area (Å²) in [5.41, 5.74) is 4.09. The summed E-state index contributed by atoms with van der Waals surface area (Å²) in [5, 5.41) is 31.5. The van der Waals surface area contributed by atoms with Crippen LogP contribution >= 0.6 is 24.8 Å². The number of aryl methyl sites for hydroxylation is 1. The third kappa shape index (κ3) is 4.61. The second-order valence-corrected chi connectivity index (χ2v) is 8.47. The standard InChI is InChI=1S/C22H23N9O.2ClH/c1-30-28-17-9-16(24-11-19(17)29-30)14-4-5-15(21(32)8-14)18-10-25-22(27-26-18)31-7-6-23-20(12-31)13-2-3-13;;/h4-5,8-11,13,20,23,32H,2-3,6-7,12H2,1H3;2*1H/t20-;;/m1../s1. The number of pyridine rings is 1. The van der Waals surface area contributed by atoms with Crippen molar-refractivity contribution in [2.75, 3.05) is 24.5 Å². The van der Waals surface area contributed by atoms with E-state index < -0.39 is 0 Å². The van der Waals surface area contributed by atoms with Crippen LogP contribution in [0.25, 0.3) is 33.5 Å². The molecule has 0 spiro atoms. The van der Waals surface area contributed by atoms with Crippen molar-refractivity contribution in [1.29, 1.82) is 0 Å². The van der Waals surface area contributed by atoms with Gasteiger partial charge in [0.05, 0.1) is 18.1 Å². The van der Waals surface area contributed by atoms with E-state index in [2.05, 4.69) is 40.6 Å². The van der Waals surface area contributed by atoms with E-state index >= 15 is 0 Å². The van der Waals surface area contributed by atoms with Gasteiger partial charge in [-0.15, -0.1) is 35.0 Å². The van der Waals surface area contributed by atoms with Crippen LogP contribution in [0.3, 0.4) is 0 Å². The maximum atomic E-state index is 10.7. The van der Waals surface area contributed by atoms with Crippen LogP contribution in [-0.2, 0) is 7.05 Å². The molecule has 4 heterocycles. The SMILES string of the molecule is Cl.Cl.Cn1nc2cnc(-c3ccc(-c4cnc(N5CCN[C@@H](C6CC6)C5)nn4)c(O)c3)cc2n1. The van der Waals surface area contributed by atoms with Crippen molar-refractivity contribution in [3.05, 3.63) is 36.7 Å². The number of nitrogens with one attached hydrogen (secondary N) is 1. The number of benzene rings is 1. The summed E-state index contributed by atoms with van der Waals surface area (Å²) in [5.74, 6) is 1.52. The van der Waals surface area contributed by atoms with E-state index in [1.165, 1.54) is 17.6 Å². The Morgan fingerprint density at radius 2 is 1.79 bits per heavy atom. The van der Waals surface area contributed by atoms with Crippen molar-refractivity contribution in [1.82, 2.24) is 40.5 Å². The van der Waals surface area contributed by atoms with E-state index in [-0.39, 0.29) is 30.6 Å². The van der Waals surface area contributed by atoms with Crippen LogP contribution in [0.5, 0.6) is 5.75 Å². The van der Waals surface area contributed by atoms with Crippen molar-refractivity contribution in [3.8, 4) is 28.3 Å². The fourth-order valence-electron chi connectivity index (χ4n) is 4.31. The van der Waals surface area contributed by atoms with Crippen LogP contribution in [0.2, 0.25) is 0 Å². The molecule has 12 heteroatoms. The summed E-state index contributed by atoms with van der Waals surface area (Å²) in [4.78, 5) is 12.7. The van der Waals surface area contributed by atoms with E-state index in [0.717, 1.165) is 42.1 Å². The number of aromatic hydroxyl groups is 1. The highest BCUT2D eigenvalue weighted by molar-refractivity contribution is 5.85. The molecular weight excluding hydrogens is 477 g/mol. The number of hydrogen-bond acceptors (Lipinski definition) is 9. The summed E-state index contributed by atoms with van der Waals surface area (Å²) in [6.07, 6.45) is 5.97. The zero-order chi connectivity index (χ0) is 21.7. The highest BCUT2D eigenvalue weighted by Crippen LogP contribution is 2.34. The number of phenolic OH excluding ortho intramolecular Hbond substituents is 1. The number of anilines is 1. The predicted molar refractivity (Wildman–Crippen MR) is 133 cm³/mol. The first kappa shape index (κ1) is 24.1. The van der Waals surface area contributed by atoms with Crippen molar-refractivity contribution >= 4 is 41.8 Å². The molecule has 0 amide bonds. The van der Waals surface area contributed by atoms with E-state index in [0.29, 0.717) is 28.9 Å². The van der Waals surface area contributed by atoms with Crippen LogP contribution in [-0.4, -0.2) is 65.9 Å². The molecule has 2 fully saturated rings. The highest BCUT2D eigenvalue weighted by atomic mass is 35.5. The Morgan fingerprint density at radius 3 is 2.53 bits per heavy atom.